The molecule has 0 atom stereocenters. The summed E-state index contributed by atoms with van der Waals surface area (Å²) in [5.41, 5.74) is 1.11. The Morgan fingerprint density at radius 2 is 1.96 bits per heavy atom. The van der Waals surface area contributed by atoms with Gasteiger partial charge in [-0.25, -0.2) is 0 Å². The lowest BCUT2D eigenvalue weighted by atomic mass is 10.0. The van der Waals surface area contributed by atoms with E-state index in [2.05, 4.69) is 0 Å². The van der Waals surface area contributed by atoms with Gasteiger partial charge in [0.1, 0.15) is 30.6 Å². The lowest BCUT2D eigenvalue weighted by molar-refractivity contribution is 0.102. The van der Waals surface area contributed by atoms with Crippen molar-refractivity contribution in [3.05, 3.63) is 59.2 Å². The molecule has 3 rings (SSSR count). The lowest BCUT2D eigenvalue weighted by Crippen LogP contribution is -2.18. The van der Waals surface area contributed by atoms with Gasteiger partial charge in [-0.1, -0.05) is 18.2 Å². The zero-order valence-electron chi connectivity index (χ0n) is 13.8. The number of ketones is 1. The SMILES string of the molecule is CCOc1ccc(C=C(C#N)C(=O)c2cccc3c2OCCO3)cc1. The quantitative estimate of drug-likeness (QED) is 0.474. The first kappa shape index (κ1) is 16.6. The van der Waals surface area contributed by atoms with Gasteiger partial charge in [0.15, 0.2) is 11.5 Å². The molecule has 0 aromatic heterocycles. The van der Waals surface area contributed by atoms with Crippen molar-refractivity contribution in [1.29, 1.82) is 5.26 Å². The molecule has 2 aromatic rings. The number of rotatable bonds is 5. The highest BCUT2D eigenvalue weighted by Gasteiger charge is 2.22. The Kier molecular flexibility index (Phi) is 5.00. The standard InChI is InChI=1S/C20H17NO4/c1-2-23-16-8-6-14(7-9-16)12-15(13-21)19(22)17-4-3-5-18-20(17)25-11-10-24-18/h3-9,12H,2,10-11H2,1H3. The number of para-hydroxylation sites is 1. The number of fused-ring (bicyclic) bond motifs is 1. The van der Waals surface area contributed by atoms with E-state index in [0.29, 0.717) is 36.9 Å². The molecule has 5 nitrogen and oxygen atoms in total. The number of allylic oxidation sites excluding steroid dienone is 1. The molecule has 0 saturated heterocycles. The van der Waals surface area contributed by atoms with Crippen molar-refractivity contribution in [3.8, 4) is 23.3 Å². The van der Waals surface area contributed by atoms with E-state index in [0.717, 1.165) is 11.3 Å². The zero-order chi connectivity index (χ0) is 17.6. The Labute approximate surface area is 146 Å². The molecular formula is C20H17NO4. The van der Waals surface area contributed by atoms with Crippen molar-refractivity contribution in [3.63, 3.8) is 0 Å². The summed E-state index contributed by atoms with van der Waals surface area (Å²) in [6, 6.07) is 14.3. The topological polar surface area (TPSA) is 68.5 Å². The van der Waals surface area contributed by atoms with Gasteiger partial charge in [-0.05, 0) is 42.8 Å². The average molecular weight is 335 g/mol. The van der Waals surface area contributed by atoms with Gasteiger partial charge in [0.25, 0.3) is 0 Å². The van der Waals surface area contributed by atoms with E-state index >= 15 is 0 Å². The summed E-state index contributed by atoms with van der Waals surface area (Å²) in [5, 5.41) is 9.43. The van der Waals surface area contributed by atoms with Gasteiger partial charge < -0.3 is 14.2 Å². The van der Waals surface area contributed by atoms with E-state index in [1.165, 1.54) is 0 Å². The van der Waals surface area contributed by atoms with Crippen molar-refractivity contribution >= 4 is 11.9 Å². The van der Waals surface area contributed by atoms with E-state index in [1.807, 2.05) is 13.0 Å². The minimum absolute atomic E-state index is 0.0340. The lowest BCUT2D eigenvalue weighted by Gasteiger charge is -2.20. The van der Waals surface area contributed by atoms with Crippen LogP contribution in [0, 0.1) is 11.3 Å². The van der Waals surface area contributed by atoms with E-state index in [9.17, 15) is 10.1 Å². The Balaban J connectivity index is 1.91. The predicted octanol–water partition coefficient (Wildman–Crippen LogP) is 3.65. The number of nitriles is 1. The third-order valence-corrected chi connectivity index (χ3v) is 3.68. The molecular weight excluding hydrogens is 318 g/mol. The van der Waals surface area contributed by atoms with Crippen molar-refractivity contribution in [2.75, 3.05) is 19.8 Å². The maximum Gasteiger partial charge on any atom is 0.207 e. The summed E-state index contributed by atoms with van der Waals surface area (Å²) in [7, 11) is 0. The number of ether oxygens (including phenoxy) is 3. The molecule has 0 aliphatic carbocycles. The van der Waals surface area contributed by atoms with Crippen molar-refractivity contribution in [2.45, 2.75) is 6.92 Å². The van der Waals surface area contributed by atoms with Crippen LogP contribution < -0.4 is 14.2 Å². The van der Waals surface area contributed by atoms with Crippen LogP contribution >= 0.6 is 0 Å². The molecule has 25 heavy (non-hydrogen) atoms. The Hall–Kier alpha value is -3.26. The van der Waals surface area contributed by atoms with Crippen LogP contribution in [0.3, 0.4) is 0 Å². The number of hydrogen-bond donors (Lipinski definition) is 0. The van der Waals surface area contributed by atoms with Crippen LogP contribution in [-0.4, -0.2) is 25.6 Å². The molecule has 0 spiro atoms. The van der Waals surface area contributed by atoms with Gasteiger partial charge in [-0.3, -0.25) is 4.79 Å². The van der Waals surface area contributed by atoms with Crippen LogP contribution in [0.25, 0.3) is 6.08 Å². The normalized spacial score (nSPS) is 13.0. The molecule has 126 valence electrons. The summed E-state index contributed by atoms with van der Waals surface area (Å²) in [6.45, 7) is 3.31. The second-order valence-electron chi connectivity index (χ2n) is 5.33. The first-order valence-electron chi connectivity index (χ1n) is 8.01. The average Bonchev–Trinajstić information content (AvgIpc) is 2.66. The fourth-order valence-corrected chi connectivity index (χ4v) is 2.54. The molecule has 0 bridgehead atoms. The minimum Gasteiger partial charge on any atom is -0.494 e. The van der Waals surface area contributed by atoms with Gasteiger partial charge in [-0.15, -0.1) is 0 Å². The second kappa shape index (κ2) is 7.54. The maximum absolute atomic E-state index is 12.8. The summed E-state index contributed by atoms with van der Waals surface area (Å²) < 4.78 is 16.4. The van der Waals surface area contributed by atoms with Crippen molar-refractivity contribution in [1.82, 2.24) is 0 Å². The maximum atomic E-state index is 12.8. The Morgan fingerprint density at radius 3 is 2.68 bits per heavy atom. The molecule has 1 heterocycles. The van der Waals surface area contributed by atoms with Gasteiger partial charge in [0.2, 0.25) is 5.78 Å². The summed E-state index contributed by atoms with van der Waals surface area (Å²) in [6.07, 6.45) is 1.56. The number of carbonyl (C=O) groups is 1. The molecule has 0 unspecified atom stereocenters. The second-order valence-corrected chi connectivity index (χ2v) is 5.33. The van der Waals surface area contributed by atoms with Gasteiger partial charge in [-0.2, -0.15) is 5.26 Å². The van der Waals surface area contributed by atoms with Gasteiger partial charge in [0, 0.05) is 0 Å². The number of nitrogens with zero attached hydrogens (tertiary/aromatic N) is 1. The van der Waals surface area contributed by atoms with Crippen LogP contribution in [0.15, 0.2) is 48.0 Å². The van der Waals surface area contributed by atoms with Crippen LogP contribution in [0.1, 0.15) is 22.8 Å². The minimum atomic E-state index is -0.390. The van der Waals surface area contributed by atoms with Gasteiger partial charge in [0.05, 0.1) is 12.2 Å². The van der Waals surface area contributed by atoms with Gasteiger partial charge >= 0.3 is 0 Å². The Morgan fingerprint density at radius 1 is 1.20 bits per heavy atom. The predicted molar refractivity (Wildman–Crippen MR) is 93.0 cm³/mol. The first-order valence-corrected chi connectivity index (χ1v) is 8.01. The highest BCUT2D eigenvalue weighted by Crippen LogP contribution is 2.35. The molecule has 0 amide bonds. The Bertz CT molecular complexity index is 847. The fraction of sp³-hybridized carbons (Fsp3) is 0.200. The first-order chi connectivity index (χ1) is 12.2. The van der Waals surface area contributed by atoms with Crippen LogP contribution in [0.2, 0.25) is 0 Å². The molecule has 1 aliphatic rings. The highest BCUT2D eigenvalue weighted by atomic mass is 16.6. The molecule has 1 aliphatic heterocycles. The van der Waals surface area contributed by atoms with Crippen LogP contribution in [0.5, 0.6) is 17.2 Å². The third kappa shape index (κ3) is 3.64. The molecule has 0 fully saturated rings. The number of hydrogen-bond acceptors (Lipinski definition) is 5. The van der Waals surface area contributed by atoms with E-state index in [-0.39, 0.29) is 5.57 Å². The highest BCUT2D eigenvalue weighted by molar-refractivity contribution is 6.15. The van der Waals surface area contributed by atoms with Crippen LogP contribution in [0.4, 0.5) is 0 Å². The molecule has 0 saturated carbocycles. The van der Waals surface area contributed by atoms with E-state index in [1.54, 1.807) is 48.5 Å². The molecule has 0 radical (unpaired) electrons. The summed E-state index contributed by atoms with van der Waals surface area (Å²) >= 11 is 0. The molecule has 5 heteroatoms. The number of carbonyl (C=O) groups excluding carboxylic acids is 1. The molecule has 2 aromatic carbocycles. The van der Waals surface area contributed by atoms with Crippen molar-refractivity contribution in [2.24, 2.45) is 0 Å². The largest absolute Gasteiger partial charge is 0.494 e. The smallest absolute Gasteiger partial charge is 0.207 e. The number of benzene rings is 2. The summed E-state index contributed by atoms with van der Waals surface area (Å²) in [5.74, 6) is 1.27. The monoisotopic (exact) mass is 335 g/mol. The molecule has 0 N–H and O–H groups in total. The van der Waals surface area contributed by atoms with E-state index < -0.39 is 5.78 Å². The number of Topliss-reactive ketones (excluding diaryl/α,β-unsaturated/α-hetero) is 1. The van der Waals surface area contributed by atoms with Crippen LogP contribution in [-0.2, 0) is 0 Å². The zero-order valence-corrected chi connectivity index (χ0v) is 13.8. The van der Waals surface area contributed by atoms with Crippen molar-refractivity contribution < 1.29 is 19.0 Å². The summed E-state index contributed by atoms with van der Waals surface area (Å²) in [4.78, 5) is 12.8. The third-order valence-electron chi connectivity index (χ3n) is 3.68. The fourth-order valence-electron chi connectivity index (χ4n) is 2.54. The van der Waals surface area contributed by atoms with E-state index in [4.69, 9.17) is 14.2 Å².